The number of benzene rings is 2. The van der Waals surface area contributed by atoms with Crippen LogP contribution in [0.3, 0.4) is 0 Å². The number of allylic oxidation sites excluding steroid dienone is 1. The van der Waals surface area contributed by atoms with Crippen molar-refractivity contribution in [3.05, 3.63) is 77.6 Å². The molecule has 0 amide bonds. The summed E-state index contributed by atoms with van der Waals surface area (Å²) < 4.78 is 0. The third-order valence-corrected chi connectivity index (χ3v) is 6.83. The zero-order valence-electron chi connectivity index (χ0n) is 18.7. The minimum absolute atomic E-state index is 0.0110. The monoisotopic (exact) mass is 386 g/mol. The Kier molecular flexibility index (Phi) is 4.45. The van der Waals surface area contributed by atoms with E-state index in [4.69, 9.17) is 0 Å². The maximum absolute atomic E-state index is 4.50. The first kappa shape index (κ1) is 19.8. The molecule has 0 saturated heterocycles. The highest BCUT2D eigenvalue weighted by atomic mass is 14.9. The molecule has 4 rings (SSSR count). The molecule has 2 heteroatoms. The largest absolute Gasteiger partial charge is 0.359 e. The minimum atomic E-state index is -0.0110. The molecular formula is C27H34N2. The maximum Gasteiger partial charge on any atom is 0.0457 e. The second-order valence-corrected chi connectivity index (χ2v) is 10.4. The number of rotatable bonds is 5. The number of anilines is 1. The van der Waals surface area contributed by atoms with E-state index in [1.54, 1.807) is 0 Å². The average Bonchev–Trinajstić information content (AvgIpc) is 3.03. The SMILES string of the molecule is C=C(Nc1ccc2[nH]c(C(C)(C)C)cc2c1)C1(c2ccc(CC)cc2)CC1(C)C. The van der Waals surface area contributed by atoms with Gasteiger partial charge in [-0.1, -0.05) is 72.4 Å². The summed E-state index contributed by atoms with van der Waals surface area (Å²) in [5.74, 6) is 0. The van der Waals surface area contributed by atoms with E-state index in [0.717, 1.165) is 24.2 Å². The predicted molar refractivity (Wildman–Crippen MR) is 126 cm³/mol. The molecule has 0 bridgehead atoms. The van der Waals surface area contributed by atoms with Crippen LogP contribution in [0.25, 0.3) is 10.9 Å². The highest BCUT2D eigenvalue weighted by Crippen LogP contribution is 2.67. The van der Waals surface area contributed by atoms with Crippen molar-refractivity contribution in [1.82, 2.24) is 4.98 Å². The predicted octanol–water partition coefficient (Wildman–Crippen LogP) is 7.32. The van der Waals surface area contributed by atoms with Crippen LogP contribution in [0.4, 0.5) is 5.69 Å². The normalized spacial score (nSPS) is 20.6. The highest BCUT2D eigenvalue weighted by molar-refractivity contribution is 5.84. The molecule has 2 nitrogen and oxygen atoms in total. The molecule has 0 radical (unpaired) electrons. The van der Waals surface area contributed by atoms with Gasteiger partial charge in [-0.25, -0.2) is 0 Å². The van der Waals surface area contributed by atoms with Crippen LogP contribution in [0.1, 0.15) is 64.8 Å². The summed E-state index contributed by atoms with van der Waals surface area (Å²) in [6.07, 6.45) is 2.20. The molecule has 2 aromatic carbocycles. The van der Waals surface area contributed by atoms with E-state index >= 15 is 0 Å². The number of aromatic amines is 1. The molecule has 1 aromatic heterocycles. The zero-order chi connectivity index (χ0) is 21.0. The summed E-state index contributed by atoms with van der Waals surface area (Å²) in [6.45, 7) is 18.1. The summed E-state index contributed by atoms with van der Waals surface area (Å²) in [5, 5.41) is 4.90. The van der Waals surface area contributed by atoms with Gasteiger partial charge in [0.2, 0.25) is 0 Å². The van der Waals surface area contributed by atoms with E-state index in [-0.39, 0.29) is 16.2 Å². The fourth-order valence-corrected chi connectivity index (χ4v) is 4.72. The number of H-pyrrole nitrogens is 1. The van der Waals surface area contributed by atoms with Crippen molar-refractivity contribution in [1.29, 1.82) is 0 Å². The van der Waals surface area contributed by atoms with E-state index in [1.807, 2.05) is 0 Å². The molecule has 152 valence electrons. The topological polar surface area (TPSA) is 27.8 Å². The Bertz CT molecular complexity index is 1060. The second-order valence-electron chi connectivity index (χ2n) is 10.4. The van der Waals surface area contributed by atoms with Crippen molar-refractivity contribution < 1.29 is 0 Å². The fraction of sp³-hybridized carbons (Fsp3) is 0.407. The number of aromatic nitrogens is 1. The maximum atomic E-state index is 4.50. The Morgan fingerprint density at radius 1 is 1.07 bits per heavy atom. The van der Waals surface area contributed by atoms with Crippen LogP contribution in [0, 0.1) is 5.41 Å². The number of nitrogens with one attached hydrogen (secondary N) is 2. The molecule has 2 N–H and O–H groups in total. The molecule has 0 spiro atoms. The number of aryl methyl sites for hydroxylation is 1. The fourth-order valence-electron chi connectivity index (χ4n) is 4.72. The van der Waals surface area contributed by atoms with Crippen molar-refractivity contribution in [3.63, 3.8) is 0 Å². The molecule has 1 atom stereocenters. The molecule has 0 aliphatic heterocycles. The molecule has 3 aromatic rings. The van der Waals surface area contributed by atoms with Gasteiger partial charge in [0.1, 0.15) is 0 Å². The van der Waals surface area contributed by atoms with Crippen molar-refractivity contribution in [2.24, 2.45) is 5.41 Å². The minimum Gasteiger partial charge on any atom is -0.359 e. The van der Waals surface area contributed by atoms with Crippen LogP contribution >= 0.6 is 0 Å². The van der Waals surface area contributed by atoms with Gasteiger partial charge in [0.05, 0.1) is 0 Å². The average molecular weight is 387 g/mol. The molecule has 1 heterocycles. The standard InChI is InChI=1S/C27H34N2/c1-8-19-9-11-21(12-10-19)27(17-26(27,6)7)18(2)28-22-13-14-23-20(15-22)16-24(29-23)25(3,4)5/h9-16,28-29H,2,8,17H2,1,3-7H3. The molecule has 1 saturated carbocycles. The Balaban J connectivity index is 1.63. The van der Waals surface area contributed by atoms with E-state index in [2.05, 4.69) is 107 Å². The van der Waals surface area contributed by atoms with Gasteiger partial charge >= 0.3 is 0 Å². The lowest BCUT2D eigenvalue weighted by Gasteiger charge is -2.25. The number of fused-ring (bicyclic) bond motifs is 1. The van der Waals surface area contributed by atoms with Gasteiger partial charge in [0.25, 0.3) is 0 Å². The lowest BCUT2D eigenvalue weighted by atomic mass is 9.84. The van der Waals surface area contributed by atoms with E-state index in [1.165, 1.54) is 27.7 Å². The van der Waals surface area contributed by atoms with E-state index < -0.39 is 0 Å². The summed E-state index contributed by atoms with van der Waals surface area (Å²) in [5.41, 5.74) is 7.71. The molecule has 1 aliphatic rings. The Hall–Kier alpha value is -2.48. The van der Waals surface area contributed by atoms with Gasteiger partial charge in [-0.15, -0.1) is 0 Å². The van der Waals surface area contributed by atoms with Crippen molar-refractivity contribution in [2.75, 3.05) is 5.32 Å². The summed E-state index contributed by atoms with van der Waals surface area (Å²) in [7, 11) is 0. The van der Waals surface area contributed by atoms with Crippen molar-refractivity contribution in [3.8, 4) is 0 Å². The Labute approximate surface area is 175 Å². The first-order valence-corrected chi connectivity index (χ1v) is 10.8. The van der Waals surface area contributed by atoms with Crippen molar-refractivity contribution in [2.45, 2.75) is 65.2 Å². The molecule has 1 unspecified atom stereocenters. The lowest BCUT2D eigenvalue weighted by Crippen LogP contribution is -2.22. The van der Waals surface area contributed by atoms with Gasteiger partial charge < -0.3 is 10.3 Å². The van der Waals surface area contributed by atoms with Crippen molar-refractivity contribution >= 4 is 16.6 Å². The van der Waals surface area contributed by atoms with Crippen LogP contribution in [-0.2, 0) is 17.3 Å². The third kappa shape index (κ3) is 3.29. The van der Waals surface area contributed by atoms with Crippen LogP contribution < -0.4 is 5.32 Å². The van der Waals surface area contributed by atoms with Gasteiger partial charge in [-0.2, -0.15) is 0 Å². The first-order valence-electron chi connectivity index (χ1n) is 10.8. The third-order valence-electron chi connectivity index (χ3n) is 6.83. The van der Waals surface area contributed by atoms with Gasteiger partial charge in [0.15, 0.2) is 0 Å². The number of hydrogen-bond acceptors (Lipinski definition) is 1. The van der Waals surface area contributed by atoms with Crippen LogP contribution in [0.5, 0.6) is 0 Å². The molecular weight excluding hydrogens is 352 g/mol. The highest BCUT2D eigenvalue weighted by Gasteiger charge is 2.63. The second kappa shape index (κ2) is 6.52. The van der Waals surface area contributed by atoms with E-state index in [9.17, 15) is 0 Å². The Morgan fingerprint density at radius 3 is 2.28 bits per heavy atom. The molecule has 1 fully saturated rings. The number of hydrogen-bond donors (Lipinski definition) is 2. The van der Waals surface area contributed by atoms with Crippen LogP contribution in [0.15, 0.2) is 60.8 Å². The quantitative estimate of drug-likeness (QED) is 0.472. The van der Waals surface area contributed by atoms with Crippen LogP contribution in [-0.4, -0.2) is 4.98 Å². The van der Waals surface area contributed by atoms with Gasteiger partial charge in [-0.3, -0.25) is 0 Å². The Morgan fingerprint density at radius 2 is 1.72 bits per heavy atom. The van der Waals surface area contributed by atoms with E-state index in [0.29, 0.717) is 0 Å². The summed E-state index contributed by atoms with van der Waals surface area (Å²) in [6, 6.07) is 17.9. The summed E-state index contributed by atoms with van der Waals surface area (Å²) >= 11 is 0. The lowest BCUT2D eigenvalue weighted by molar-refractivity contribution is 0.548. The summed E-state index contributed by atoms with van der Waals surface area (Å²) in [4.78, 5) is 3.56. The first-order chi connectivity index (χ1) is 13.6. The van der Waals surface area contributed by atoms with Gasteiger partial charge in [-0.05, 0) is 53.6 Å². The van der Waals surface area contributed by atoms with Gasteiger partial charge in [0, 0.05) is 38.8 Å². The molecule has 29 heavy (non-hydrogen) atoms. The smallest absolute Gasteiger partial charge is 0.0457 e. The zero-order valence-corrected chi connectivity index (χ0v) is 18.7. The molecule has 1 aliphatic carbocycles. The van der Waals surface area contributed by atoms with Crippen LogP contribution in [0.2, 0.25) is 0 Å².